The third-order valence-corrected chi connectivity index (χ3v) is 26.6. The van der Waals surface area contributed by atoms with E-state index in [1.165, 1.54) is 177 Å². The molecule has 0 heterocycles. The van der Waals surface area contributed by atoms with Crippen molar-refractivity contribution in [1.82, 2.24) is 0 Å². The number of fused-ring (bicyclic) bond motifs is 30. The number of anilines is 5. The molecule has 6 aliphatic rings. The average Bonchev–Trinajstić information content (AvgIpc) is 1.51. The zero-order valence-corrected chi connectivity index (χ0v) is 66.0. The van der Waals surface area contributed by atoms with Gasteiger partial charge in [0, 0.05) is 43.7 Å². The summed E-state index contributed by atoms with van der Waals surface area (Å²) in [6, 6.07) is 148. The SMILES string of the molecule is Brc1ccc2c(c1)C1(c3ccccc3-2)c2ccccc2-c2c1ccc1ccccc21.CC1(C)c2ccccc2-c2ccc(N(c3ccc(-c4ccccc4)cc3)c3ccc4c(c3)C3(c5ccccc5-4)c4ccccc4-c4c3ccc3ccccc43)cc21.CC1(C)c2ccccc2-c2ccc(Nc3ccc(-c4ccccc4)cc3)cc21. The van der Waals surface area contributed by atoms with E-state index in [0.29, 0.717) is 0 Å². The first-order valence-corrected chi connectivity index (χ1v) is 41.0. The second kappa shape index (κ2) is 26.3. The minimum atomic E-state index is -0.456. The van der Waals surface area contributed by atoms with Crippen LogP contribution in [0.15, 0.2) is 405 Å². The van der Waals surface area contributed by atoms with Crippen LogP contribution in [0.3, 0.4) is 0 Å². The van der Waals surface area contributed by atoms with Crippen LogP contribution in [0.5, 0.6) is 0 Å². The van der Waals surface area contributed by atoms with Gasteiger partial charge in [0.1, 0.15) is 0 Å². The lowest BCUT2D eigenvalue weighted by Crippen LogP contribution is -2.26. The van der Waals surface area contributed by atoms with Crippen molar-refractivity contribution >= 4 is 65.9 Å². The quantitative estimate of drug-likeness (QED) is 0.171. The third kappa shape index (κ3) is 10.3. The van der Waals surface area contributed by atoms with Gasteiger partial charge in [-0.25, -0.2) is 0 Å². The van der Waals surface area contributed by atoms with Gasteiger partial charge in [-0.2, -0.15) is 0 Å². The fraction of sp³-hybridized carbons (Fsp3) is 0.0714. The third-order valence-electron chi connectivity index (χ3n) is 26.1. The molecule has 18 aromatic rings. The van der Waals surface area contributed by atoms with E-state index in [-0.39, 0.29) is 16.2 Å². The first-order valence-electron chi connectivity index (χ1n) is 40.2. The molecular formula is C112H79BrN2. The molecule has 0 amide bonds. The standard InChI is InChI=1S/C56H39N.C29H17Br.C27H23N/c1-55(2)48-21-11-8-18-43(48)45-31-29-40(34-52(45)55)57(39-27-24-37(25-28-39)36-14-4-3-5-15-36)41-30-32-46-44-19-9-12-22-49(44)56(53(46)35-41)50-23-13-10-20-47(50)54-42-17-7-6-16-38(42)26-33-51(54)56;30-19-14-15-22-21-9-3-5-11-24(21)29(27(22)17-19)25-12-6-4-10-23(25)28-20-8-2-1-7-18(20)13-16-26(28)29;1-27(2)25-11-7-6-10-23(25)24-17-16-22(18-26(24)27)28-21-14-12-20(13-15-21)19-8-4-3-5-9-19/h3-35H,1-2H3;1-17H;3-18,28H,1-2H3. The van der Waals surface area contributed by atoms with Gasteiger partial charge in [0.15, 0.2) is 0 Å². The molecule has 2 atom stereocenters. The molecule has 2 spiro atoms. The largest absolute Gasteiger partial charge is 0.356 e. The first kappa shape index (κ1) is 68.4. The monoisotopic (exact) mass is 1530 g/mol. The van der Waals surface area contributed by atoms with E-state index < -0.39 is 5.41 Å². The van der Waals surface area contributed by atoms with Gasteiger partial charge in [-0.15, -0.1) is 0 Å². The van der Waals surface area contributed by atoms with Crippen molar-refractivity contribution in [2.75, 3.05) is 10.2 Å². The first-order chi connectivity index (χ1) is 56.5. The number of hydrogen-bond acceptors (Lipinski definition) is 2. The molecule has 115 heavy (non-hydrogen) atoms. The molecular weight excluding hydrogens is 1450 g/mol. The summed E-state index contributed by atoms with van der Waals surface area (Å²) in [4.78, 5) is 2.48. The van der Waals surface area contributed by atoms with Crippen LogP contribution >= 0.6 is 15.9 Å². The van der Waals surface area contributed by atoms with Gasteiger partial charge in [0.05, 0.1) is 10.8 Å². The molecule has 3 heteroatoms. The Morgan fingerprint density at radius 1 is 0.217 bits per heavy atom. The molecule has 0 bridgehead atoms. The van der Waals surface area contributed by atoms with Crippen LogP contribution in [0.1, 0.15) is 94.5 Å². The number of benzene rings is 18. The number of nitrogens with zero attached hydrogens (tertiary/aromatic N) is 1. The van der Waals surface area contributed by atoms with Crippen LogP contribution in [0.4, 0.5) is 28.4 Å². The summed E-state index contributed by atoms with van der Waals surface area (Å²) < 4.78 is 1.13. The molecule has 6 aliphatic carbocycles. The number of rotatable bonds is 7. The van der Waals surface area contributed by atoms with E-state index in [4.69, 9.17) is 0 Å². The molecule has 24 rings (SSSR count). The number of nitrogens with one attached hydrogen (secondary N) is 1. The highest BCUT2D eigenvalue weighted by molar-refractivity contribution is 9.10. The normalized spacial score (nSPS) is 15.9. The van der Waals surface area contributed by atoms with Crippen molar-refractivity contribution in [3.63, 3.8) is 0 Å². The Balaban J connectivity index is 0.000000116. The van der Waals surface area contributed by atoms with Crippen LogP contribution in [0.2, 0.25) is 0 Å². The van der Waals surface area contributed by atoms with Gasteiger partial charge in [-0.3, -0.25) is 0 Å². The van der Waals surface area contributed by atoms with Gasteiger partial charge in [0.2, 0.25) is 0 Å². The lowest BCUT2D eigenvalue weighted by atomic mass is 9.70. The lowest BCUT2D eigenvalue weighted by molar-refractivity contribution is 0.660. The van der Waals surface area contributed by atoms with Crippen molar-refractivity contribution in [1.29, 1.82) is 0 Å². The molecule has 0 saturated carbocycles. The van der Waals surface area contributed by atoms with Gasteiger partial charge in [-0.05, 0) is 250 Å². The van der Waals surface area contributed by atoms with Crippen molar-refractivity contribution in [3.8, 4) is 89.0 Å². The highest BCUT2D eigenvalue weighted by Crippen LogP contribution is 2.67. The van der Waals surface area contributed by atoms with Gasteiger partial charge >= 0.3 is 0 Å². The van der Waals surface area contributed by atoms with E-state index >= 15 is 0 Å². The second-order valence-corrected chi connectivity index (χ2v) is 33.6. The molecule has 544 valence electrons. The maximum absolute atomic E-state index is 3.76. The van der Waals surface area contributed by atoms with Crippen LogP contribution in [0.25, 0.3) is 111 Å². The fourth-order valence-corrected chi connectivity index (χ4v) is 21.3. The second-order valence-electron chi connectivity index (χ2n) is 32.7. The fourth-order valence-electron chi connectivity index (χ4n) is 21.0. The van der Waals surface area contributed by atoms with E-state index in [1.807, 2.05) is 6.07 Å². The Morgan fingerprint density at radius 3 is 1.03 bits per heavy atom. The summed E-state index contributed by atoms with van der Waals surface area (Å²) in [5, 5.41) is 8.79. The van der Waals surface area contributed by atoms with Crippen LogP contribution < -0.4 is 10.2 Å². The minimum Gasteiger partial charge on any atom is -0.356 e. The Kier molecular flexibility index (Phi) is 15.7. The predicted octanol–water partition coefficient (Wildman–Crippen LogP) is 30.0. The molecule has 0 saturated heterocycles. The Hall–Kier alpha value is -13.4. The average molecular weight is 1530 g/mol. The molecule has 0 fully saturated rings. The van der Waals surface area contributed by atoms with Crippen LogP contribution in [0, 0.1) is 0 Å². The van der Waals surface area contributed by atoms with Crippen molar-refractivity contribution < 1.29 is 0 Å². The number of hydrogen-bond donors (Lipinski definition) is 1. The van der Waals surface area contributed by atoms with E-state index in [2.05, 4.69) is 448 Å². The van der Waals surface area contributed by atoms with E-state index in [9.17, 15) is 0 Å². The summed E-state index contributed by atoms with van der Waals surface area (Å²) >= 11 is 3.76. The van der Waals surface area contributed by atoms with Crippen LogP contribution in [-0.4, -0.2) is 0 Å². The highest BCUT2D eigenvalue weighted by Gasteiger charge is 2.54. The Morgan fingerprint density at radius 2 is 0.539 bits per heavy atom. The molecule has 0 aliphatic heterocycles. The molecule has 2 unspecified atom stereocenters. The molecule has 0 aromatic heterocycles. The maximum Gasteiger partial charge on any atom is 0.0726 e. The molecule has 18 aromatic carbocycles. The van der Waals surface area contributed by atoms with Gasteiger partial charge in [-0.1, -0.05) is 371 Å². The number of halogens is 1. The van der Waals surface area contributed by atoms with Crippen LogP contribution in [-0.2, 0) is 21.7 Å². The maximum atomic E-state index is 3.76. The Bertz CT molecular complexity index is 7010. The zero-order valence-electron chi connectivity index (χ0n) is 64.4. The lowest BCUT2D eigenvalue weighted by Gasteiger charge is -2.32. The predicted molar refractivity (Wildman–Crippen MR) is 485 cm³/mol. The van der Waals surface area contributed by atoms with Gasteiger partial charge in [0.25, 0.3) is 0 Å². The topological polar surface area (TPSA) is 15.3 Å². The van der Waals surface area contributed by atoms with Crippen molar-refractivity contribution in [2.45, 2.75) is 49.4 Å². The van der Waals surface area contributed by atoms with E-state index in [0.717, 1.165) is 32.9 Å². The summed E-state index contributed by atoms with van der Waals surface area (Å²) in [5.74, 6) is 0. The van der Waals surface area contributed by atoms with Crippen molar-refractivity contribution in [3.05, 3.63) is 472 Å². The zero-order chi connectivity index (χ0) is 76.9. The summed E-state index contributed by atoms with van der Waals surface area (Å²) in [6.45, 7) is 9.37. The molecule has 1 N–H and O–H groups in total. The van der Waals surface area contributed by atoms with E-state index in [1.54, 1.807) is 0 Å². The molecule has 0 radical (unpaired) electrons. The minimum absolute atomic E-state index is 0.0286. The van der Waals surface area contributed by atoms with Gasteiger partial charge < -0.3 is 10.2 Å². The van der Waals surface area contributed by atoms with Crippen molar-refractivity contribution in [2.24, 2.45) is 0 Å². The smallest absolute Gasteiger partial charge is 0.0726 e. The summed E-state index contributed by atoms with van der Waals surface area (Å²) in [7, 11) is 0. The highest BCUT2D eigenvalue weighted by atomic mass is 79.9. The summed E-state index contributed by atoms with van der Waals surface area (Å²) in [6.07, 6.45) is 0. The Labute approximate surface area is 681 Å². The summed E-state index contributed by atoms with van der Waals surface area (Å²) in [5.41, 5.74) is 42.4. The molecule has 2 nitrogen and oxygen atoms in total.